The molecule has 0 radical (unpaired) electrons. The highest BCUT2D eigenvalue weighted by molar-refractivity contribution is 8.01. The summed E-state index contributed by atoms with van der Waals surface area (Å²) in [5.41, 5.74) is 1.85. The fourth-order valence-electron chi connectivity index (χ4n) is 0.859. The summed E-state index contributed by atoms with van der Waals surface area (Å²) in [7, 11) is 0. The third kappa shape index (κ3) is 1.87. The van der Waals surface area contributed by atoms with E-state index in [0.29, 0.717) is 0 Å². The van der Waals surface area contributed by atoms with Gasteiger partial charge in [0.05, 0.1) is 15.9 Å². The molecule has 60 valence electrons. The molecule has 0 saturated heterocycles. The maximum absolute atomic E-state index is 4.02. The Morgan fingerprint density at radius 2 is 2.00 bits per heavy atom. The van der Waals surface area contributed by atoms with Crippen molar-refractivity contribution in [3.63, 3.8) is 0 Å². The lowest BCUT2D eigenvalue weighted by Crippen LogP contribution is -1.66. The summed E-state index contributed by atoms with van der Waals surface area (Å²) >= 11 is 3.42. The van der Waals surface area contributed by atoms with E-state index >= 15 is 0 Å². The van der Waals surface area contributed by atoms with Crippen LogP contribution in [0, 0.1) is 0 Å². The summed E-state index contributed by atoms with van der Waals surface area (Å²) in [4.78, 5) is 5.28. The Labute approximate surface area is 79.5 Å². The van der Waals surface area contributed by atoms with Gasteiger partial charge >= 0.3 is 0 Å². The van der Waals surface area contributed by atoms with Crippen molar-refractivity contribution in [3.8, 4) is 0 Å². The number of aromatic nitrogens is 1. The topological polar surface area (TPSA) is 12.9 Å². The van der Waals surface area contributed by atoms with Crippen LogP contribution >= 0.6 is 23.1 Å². The van der Waals surface area contributed by atoms with Crippen molar-refractivity contribution in [2.75, 3.05) is 0 Å². The first-order chi connectivity index (χ1) is 5.95. The van der Waals surface area contributed by atoms with Crippen LogP contribution in [-0.4, -0.2) is 4.98 Å². The van der Waals surface area contributed by atoms with Gasteiger partial charge in [-0.2, -0.15) is 0 Å². The lowest BCUT2D eigenvalue weighted by atomic mass is 10.4. The molecule has 2 aromatic rings. The van der Waals surface area contributed by atoms with Crippen molar-refractivity contribution in [1.29, 1.82) is 0 Å². The fraction of sp³-hybridized carbons (Fsp3) is 0. The van der Waals surface area contributed by atoms with Crippen molar-refractivity contribution in [1.82, 2.24) is 4.98 Å². The highest BCUT2D eigenvalue weighted by atomic mass is 32.2. The molecule has 0 amide bonds. The van der Waals surface area contributed by atoms with Gasteiger partial charge in [0, 0.05) is 4.90 Å². The minimum atomic E-state index is 1.24. The van der Waals surface area contributed by atoms with Gasteiger partial charge in [-0.05, 0) is 12.1 Å². The van der Waals surface area contributed by atoms with Crippen LogP contribution in [0.4, 0.5) is 0 Å². The first-order valence-electron chi connectivity index (χ1n) is 3.56. The van der Waals surface area contributed by atoms with Crippen LogP contribution in [0.15, 0.2) is 51.1 Å². The van der Waals surface area contributed by atoms with Gasteiger partial charge in [-0.25, -0.2) is 0 Å². The Bertz CT molecular complexity index is 329. The molecule has 0 aliphatic carbocycles. The van der Waals surface area contributed by atoms with E-state index in [1.54, 1.807) is 23.1 Å². The second-order valence-corrected chi connectivity index (χ2v) is 4.50. The number of nitrogens with zero attached hydrogens (tertiary/aromatic N) is 1. The molecule has 0 unspecified atom stereocenters. The minimum absolute atomic E-state index is 1.24. The summed E-state index contributed by atoms with van der Waals surface area (Å²) in [5.74, 6) is 0. The molecule has 3 heteroatoms. The second kappa shape index (κ2) is 3.74. The number of hydrogen-bond acceptors (Lipinski definition) is 3. The summed E-state index contributed by atoms with van der Waals surface area (Å²) in [5, 5.41) is 0. The second-order valence-electron chi connectivity index (χ2n) is 2.24. The Hall–Kier alpha value is -0.800. The van der Waals surface area contributed by atoms with Gasteiger partial charge in [-0.15, -0.1) is 11.3 Å². The highest BCUT2D eigenvalue weighted by Crippen LogP contribution is 2.29. The smallest absolute Gasteiger partial charge is 0.0845 e. The van der Waals surface area contributed by atoms with E-state index in [1.807, 2.05) is 29.9 Å². The van der Waals surface area contributed by atoms with Gasteiger partial charge in [-0.3, -0.25) is 4.98 Å². The molecule has 0 atom stereocenters. The van der Waals surface area contributed by atoms with E-state index in [9.17, 15) is 0 Å². The Morgan fingerprint density at radius 1 is 1.17 bits per heavy atom. The number of hydrogen-bond donors (Lipinski definition) is 0. The average molecular weight is 193 g/mol. The Balaban J connectivity index is 2.15. The van der Waals surface area contributed by atoms with Crippen LogP contribution in [0.3, 0.4) is 0 Å². The van der Waals surface area contributed by atoms with Gasteiger partial charge in [0.2, 0.25) is 0 Å². The summed E-state index contributed by atoms with van der Waals surface area (Å²) in [6, 6.07) is 10.3. The van der Waals surface area contributed by atoms with E-state index in [4.69, 9.17) is 0 Å². The lowest BCUT2D eigenvalue weighted by molar-refractivity contribution is 1.37. The third-order valence-electron chi connectivity index (χ3n) is 1.37. The van der Waals surface area contributed by atoms with Crippen LogP contribution in [0.1, 0.15) is 0 Å². The zero-order valence-corrected chi connectivity index (χ0v) is 7.94. The molecular weight excluding hydrogens is 186 g/mol. The van der Waals surface area contributed by atoms with Gasteiger partial charge in [0.15, 0.2) is 0 Å². The standard InChI is InChI=1S/C9H7NS2/c1-2-4-8(5-3-1)12-9-6-10-7-11-9/h1-7H. The molecule has 2 rings (SSSR count). The zero-order chi connectivity index (χ0) is 8.23. The molecule has 0 bridgehead atoms. The Morgan fingerprint density at radius 3 is 2.67 bits per heavy atom. The van der Waals surface area contributed by atoms with Crippen LogP contribution in [-0.2, 0) is 0 Å². The predicted octanol–water partition coefficient (Wildman–Crippen LogP) is 3.29. The first kappa shape index (κ1) is 7.83. The van der Waals surface area contributed by atoms with Gasteiger partial charge < -0.3 is 0 Å². The van der Waals surface area contributed by atoms with Crippen LogP contribution in [0.5, 0.6) is 0 Å². The van der Waals surface area contributed by atoms with E-state index < -0.39 is 0 Å². The van der Waals surface area contributed by atoms with Crippen molar-refractivity contribution < 1.29 is 0 Å². The average Bonchev–Trinajstić information content (AvgIpc) is 2.59. The third-order valence-corrected chi connectivity index (χ3v) is 3.29. The number of rotatable bonds is 2. The quantitative estimate of drug-likeness (QED) is 0.726. The van der Waals surface area contributed by atoms with Gasteiger partial charge in [-0.1, -0.05) is 30.0 Å². The number of thiazole rings is 1. The van der Waals surface area contributed by atoms with Crippen LogP contribution in [0.25, 0.3) is 0 Å². The maximum Gasteiger partial charge on any atom is 0.0845 e. The zero-order valence-electron chi connectivity index (χ0n) is 6.31. The van der Waals surface area contributed by atoms with Gasteiger partial charge in [0.1, 0.15) is 0 Å². The van der Waals surface area contributed by atoms with Crippen molar-refractivity contribution >= 4 is 23.1 Å². The molecule has 0 spiro atoms. The molecule has 0 N–H and O–H groups in total. The van der Waals surface area contributed by atoms with E-state index in [0.717, 1.165) is 0 Å². The van der Waals surface area contributed by atoms with E-state index in [2.05, 4.69) is 17.1 Å². The molecule has 0 aliphatic heterocycles. The molecule has 0 aliphatic rings. The van der Waals surface area contributed by atoms with E-state index in [1.165, 1.54) is 9.10 Å². The molecule has 1 aromatic carbocycles. The normalized spacial score (nSPS) is 10.0. The molecule has 0 saturated carbocycles. The minimum Gasteiger partial charge on any atom is -0.252 e. The van der Waals surface area contributed by atoms with Crippen molar-refractivity contribution in [2.24, 2.45) is 0 Å². The molecule has 0 fully saturated rings. The van der Waals surface area contributed by atoms with Crippen molar-refractivity contribution in [3.05, 3.63) is 42.0 Å². The predicted molar refractivity (Wildman–Crippen MR) is 52.7 cm³/mol. The summed E-state index contributed by atoms with van der Waals surface area (Å²) < 4.78 is 1.24. The lowest BCUT2D eigenvalue weighted by Gasteiger charge is -1.94. The van der Waals surface area contributed by atoms with Crippen LogP contribution in [0.2, 0.25) is 0 Å². The van der Waals surface area contributed by atoms with E-state index in [-0.39, 0.29) is 0 Å². The molecule has 1 aromatic heterocycles. The van der Waals surface area contributed by atoms with Crippen LogP contribution < -0.4 is 0 Å². The SMILES string of the molecule is c1ccc(Sc2cncs2)cc1. The maximum atomic E-state index is 4.02. The summed E-state index contributed by atoms with van der Waals surface area (Å²) in [6.07, 6.45) is 1.89. The molecule has 1 heterocycles. The summed E-state index contributed by atoms with van der Waals surface area (Å²) in [6.45, 7) is 0. The molecule has 12 heavy (non-hydrogen) atoms. The molecule has 1 nitrogen and oxygen atoms in total. The van der Waals surface area contributed by atoms with Gasteiger partial charge in [0.25, 0.3) is 0 Å². The van der Waals surface area contributed by atoms with Crippen molar-refractivity contribution in [2.45, 2.75) is 9.10 Å². The largest absolute Gasteiger partial charge is 0.252 e. The highest BCUT2D eigenvalue weighted by Gasteiger charge is 1.96. The number of benzene rings is 1. The Kier molecular flexibility index (Phi) is 2.44. The fourth-order valence-corrected chi connectivity index (χ4v) is 2.46. The first-order valence-corrected chi connectivity index (χ1v) is 5.26. The molecular formula is C9H7NS2. The monoisotopic (exact) mass is 193 g/mol.